The maximum atomic E-state index is 12.5. The molecule has 0 spiro atoms. The van der Waals surface area contributed by atoms with Gasteiger partial charge in [0.25, 0.3) is 0 Å². The SMILES string of the molecule is C/C(=N\c1ccccc1N(C=O)C(C)CC1CCC(C)N1C1CCCCCCC1)N1CCN(CC(=O)O)CC1. The molecule has 2 aliphatic heterocycles. The third-order valence-electron chi connectivity index (χ3n) is 9.18. The summed E-state index contributed by atoms with van der Waals surface area (Å²) in [6.07, 6.45) is 13.9. The fourth-order valence-corrected chi connectivity index (χ4v) is 7.07. The topological polar surface area (TPSA) is 79.7 Å². The molecule has 216 valence electrons. The Hall–Kier alpha value is -2.45. The lowest BCUT2D eigenvalue weighted by Gasteiger charge is -2.39. The Morgan fingerprint density at radius 1 is 1.05 bits per heavy atom. The predicted octanol–water partition coefficient (Wildman–Crippen LogP) is 5.15. The van der Waals surface area contributed by atoms with Crippen LogP contribution in [0.15, 0.2) is 29.3 Å². The molecule has 3 atom stereocenters. The summed E-state index contributed by atoms with van der Waals surface area (Å²) in [6, 6.07) is 9.84. The number of hydrogen-bond acceptors (Lipinski definition) is 5. The first-order valence-corrected chi connectivity index (χ1v) is 15.2. The van der Waals surface area contributed by atoms with Crippen molar-refractivity contribution in [2.45, 2.75) is 109 Å². The number of anilines is 1. The second-order valence-electron chi connectivity index (χ2n) is 11.9. The van der Waals surface area contributed by atoms with Gasteiger partial charge in [0.05, 0.1) is 17.9 Å². The lowest BCUT2D eigenvalue weighted by molar-refractivity contribution is -0.138. The van der Waals surface area contributed by atoms with Crippen molar-refractivity contribution in [3.05, 3.63) is 24.3 Å². The number of carbonyl (C=O) groups excluding carboxylic acids is 1. The van der Waals surface area contributed by atoms with Crippen LogP contribution in [0.2, 0.25) is 0 Å². The Balaban J connectivity index is 1.44. The molecular formula is C31H49N5O3. The van der Waals surface area contributed by atoms with Crippen molar-refractivity contribution >= 4 is 29.6 Å². The minimum absolute atomic E-state index is 0.0741. The number of amides is 1. The second kappa shape index (κ2) is 14.3. The summed E-state index contributed by atoms with van der Waals surface area (Å²) in [4.78, 5) is 37.4. The predicted molar refractivity (Wildman–Crippen MR) is 158 cm³/mol. The standard InChI is InChI=1S/C31H49N5O3/c1-24-15-16-28(36(24)27-11-7-5-4-6-8-12-27)21-25(2)35(23-37)30-14-10-9-13-29(30)32-26(3)34-19-17-33(18-20-34)22-31(38)39/h9-10,13-14,23-25,27-28H,4-8,11-12,15-22H2,1-3H3,(H,38,39)/b32-26+. The molecule has 4 rings (SSSR count). The number of benzene rings is 1. The van der Waals surface area contributed by atoms with Crippen LogP contribution in [-0.2, 0) is 9.59 Å². The van der Waals surface area contributed by atoms with Gasteiger partial charge in [0, 0.05) is 50.3 Å². The van der Waals surface area contributed by atoms with E-state index in [4.69, 9.17) is 10.1 Å². The summed E-state index contributed by atoms with van der Waals surface area (Å²) in [7, 11) is 0. The van der Waals surface area contributed by atoms with E-state index in [0.29, 0.717) is 31.2 Å². The van der Waals surface area contributed by atoms with Crippen LogP contribution in [0.3, 0.4) is 0 Å². The maximum absolute atomic E-state index is 12.5. The average molecular weight is 540 g/mol. The van der Waals surface area contributed by atoms with Gasteiger partial charge in [0.2, 0.25) is 6.41 Å². The number of carboxylic acid groups (broad SMARTS) is 1. The molecule has 0 aromatic heterocycles. The van der Waals surface area contributed by atoms with Crippen molar-refractivity contribution in [2.24, 2.45) is 4.99 Å². The van der Waals surface area contributed by atoms with Gasteiger partial charge in [-0.05, 0) is 65.0 Å². The first-order valence-electron chi connectivity index (χ1n) is 15.2. The first kappa shape index (κ1) is 29.5. The van der Waals surface area contributed by atoms with Gasteiger partial charge in [-0.25, -0.2) is 4.99 Å². The minimum atomic E-state index is -0.786. The highest BCUT2D eigenvalue weighted by Crippen LogP contribution is 2.36. The third kappa shape index (κ3) is 7.82. The lowest BCUT2D eigenvalue weighted by atomic mass is 9.93. The fourth-order valence-electron chi connectivity index (χ4n) is 7.07. The zero-order valence-corrected chi connectivity index (χ0v) is 24.3. The Labute approximate surface area is 235 Å². The number of carbonyl (C=O) groups is 2. The van der Waals surface area contributed by atoms with Crippen LogP contribution in [0.1, 0.15) is 85.0 Å². The highest BCUT2D eigenvalue weighted by molar-refractivity contribution is 5.88. The first-order chi connectivity index (χ1) is 18.9. The number of carboxylic acids is 1. The molecule has 1 N–H and O–H groups in total. The van der Waals surface area contributed by atoms with E-state index in [9.17, 15) is 9.59 Å². The quantitative estimate of drug-likeness (QED) is 0.266. The van der Waals surface area contributed by atoms with Gasteiger partial charge < -0.3 is 14.9 Å². The molecule has 0 bridgehead atoms. The lowest BCUT2D eigenvalue weighted by Crippen LogP contribution is -2.49. The number of hydrogen-bond donors (Lipinski definition) is 1. The highest BCUT2D eigenvalue weighted by Gasteiger charge is 2.37. The van der Waals surface area contributed by atoms with Crippen molar-refractivity contribution in [1.29, 1.82) is 0 Å². The van der Waals surface area contributed by atoms with E-state index in [1.54, 1.807) is 0 Å². The number of para-hydroxylation sites is 2. The Kier molecular flexibility index (Phi) is 10.8. The van der Waals surface area contributed by atoms with E-state index in [-0.39, 0.29) is 12.6 Å². The highest BCUT2D eigenvalue weighted by atomic mass is 16.4. The number of amidine groups is 1. The Bertz CT molecular complexity index is 969. The van der Waals surface area contributed by atoms with Crippen LogP contribution in [0.4, 0.5) is 11.4 Å². The van der Waals surface area contributed by atoms with Crippen molar-refractivity contribution in [3.63, 3.8) is 0 Å². The van der Waals surface area contributed by atoms with Gasteiger partial charge in [-0.1, -0.05) is 44.2 Å². The molecule has 2 heterocycles. The van der Waals surface area contributed by atoms with Crippen LogP contribution < -0.4 is 4.90 Å². The van der Waals surface area contributed by atoms with Crippen LogP contribution in [-0.4, -0.2) is 94.9 Å². The van der Waals surface area contributed by atoms with Crippen LogP contribution in [0.5, 0.6) is 0 Å². The molecular weight excluding hydrogens is 490 g/mol. The number of aliphatic carboxylic acids is 1. The molecule has 1 aliphatic carbocycles. The summed E-state index contributed by atoms with van der Waals surface area (Å²) in [5, 5.41) is 9.08. The van der Waals surface area contributed by atoms with E-state index in [2.05, 4.69) is 23.6 Å². The van der Waals surface area contributed by atoms with Crippen molar-refractivity contribution < 1.29 is 14.7 Å². The third-order valence-corrected chi connectivity index (χ3v) is 9.18. The smallest absolute Gasteiger partial charge is 0.317 e. The molecule has 3 aliphatic rings. The van der Waals surface area contributed by atoms with Crippen molar-refractivity contribution in [3.8, 4) is 0 Å². The molecule has 3 fully saturated rings. The number of nitrogens with zero attached hydrogens (tertiary/aromatic N) is 5. The van der Waals surface area contributed by atoms with Gasteiger partial charge in [-0.2, -0.15) is 0 Å². The van der Waals surface area contributed by atoms with Crippen LogP contribution >= 0.6 is 0 Å². The molecule has 8 heteroatoms. The molecule has 3 unspecified atom stereocenters. The summed E-state index contributed by atoms with van der Waals surface area (Å²) in [5.74, 6) is 0.113. The van der Waals surface area contributed by atoms with Crippen LogP contribution in [0.25, 0.3) is 0 Å². The molecule has 8 nitrogen and oxygen atoms in total. The van der Waals surface area contributed by atoms with Gasteiger partial charge in [0.15, 0.2) is 0 Å². The average Bonchev–Trinajstić information content (AvgIpc) is 3.25. The van der Waals surface area contributed by atoms with Gasteiger partial charge >= 0.3 is 5.97 Å². The monoisotopic (exact) mass is 539 g/mol. The van der Waals surface area contributed by atoms with Gasteiger partial charge in [-0.15, -0.1) is 0 Å². The summed E-state index contributed by atoms with van der Waals surface area (Å²) < 4.78 is 0. The van der Waals surface area contributed by atoms with Gasteiger partial charge in [0.1, 0.15) is 5.84 Å². The van der Waals surface area contributed by atoms with Crippen molar-refractivity contribution in [1.82, 2.24) is 14.7 Å². The molecule has 1 aromatic rings. The molecule has 2 saturated heterocycles. The second-order valence-corrected chi connectivity index (χ2v) is 11.9. The minimum Gasteiger partial charge on any atom is -0.480 e. The summed E-state index contributed by atoms with van der Waals surface area (Å²) in [5.41, 5.74) is 1.66. The largest absolute Gasteiger partial charge is 0.480 e. The number of rotatable bonds is 9. The zero-order chi connectivity index (χ0) is 27.8. The number of piperazine rings is 1. The number of aliphatic imine (C=N–C) groups is 1. The molecule has 0 radical (unpaired) electrons. The van der Waals surface area contributed by atoms with E-state index >= 15 is 0 Å². The summed E-state index contributed by atoms with van der Waals surface area (Å²) >= 11 is 0. The molecule has 39 heavy (non-hydrogen) atoms. The van der Waals surface area contributed by atoms with E-state index in [1.165, 1.54) is 57.8 Å². The Morgan fingerprint density at radius 3 is 2.38 bits per heavy atom. The normalized spacial score (nSPS) is 25.2. The number of likely N-dealkylation sites (tertiary alicyclic amines) is 1. The maximum Gasteiger partial charge on any atom is 0.317 e. The molecule has 1 aromatic carbocycles. The van der Waals surface area contributed by atoms with E-state index in [1.807, 2.05) is 41.0 Å². The zero-order valence-electron chi connectivity index (χ0n) is 24.3. The molecule has 1 amide bonds. The van der Waals surface area contributed by atoms with Crippen molar-refractivity contribution in [2.75, 3.05) is 37.6 Å². The van der Waals surface area contributed by atoms with Gasteiger partial charge in [-0.3, -0.25) is 19.4 Å². The van der Waals surface area contributed by atoms with Crippen LogP contribution in [0, 0.1) is 0 Å². The summed E-state index contributed by atoms with van der Waals surface area (Å²) in [6.45, 7) is 9.57. The molecule has 1 saturated carbocycles. The van der Waals surface area contributed by atoms with E-state index < -0.39 is 5.97 Å². The Morgan fingerprint density at radius 2 is 1.72 bits per heavy atom. The van der Waals surface area contributed by atoms with E-state index in [0.717, 1.165) is 43.1 Å². The fraction of sp³-hybridized carbons (Fsp3) is 0.710.